The molecule has 51 heavy (non-hydrogen) atoms. The number of amides is 3. The Morgan fingerprint density at radius 2 is 1.71 bits per heavy atom. The van der Waals surface area contributed by atoms with Crippen LogP contribution in [0.15, 0.2) is 66.7 Å². The molecule has 0 bridgehead atoms. The monoisotopic (exact) mass is 714 g/mol. The number of urea groups is 1. The largest absolute Gasteiger partial charge is 0.497 e. The molecule has 0 aromatic heterocycles. The second-order valence-corrected chi connectivity index (χ2v) is 13.2. The Kier molecular flexibility index (Phi) is 14.1. The molecule has 4 atom stereocenters. The van der Waals surface area contributed by atoms with Crippen molar-refractivity contribution in [2.45, 2.75) is 71.0 Å². The van der Waals surface area contributed by atoms with Gasteiger partial charge in [0, 0.05) is 43.5 Å². The Morgan fingerprint density at radius 1 is 1.04 bits per heavy atom. The van der Waals surface area contributed by atoms with E-state index in [1.54, 1.807) is 31.1 Å². The van der Waals surface area contributed by atoms with E-state index in [0.29, 0.717) is 25.4 Å². The van der Waals surface area contributed by atoms with E-state index in [2.05, 4.69) is 15.5 Å². The second-order valence-electron chi connectivity index (χ2n) is 13.2. The van der Waals surface area contributed by atoms with E-state index in [1.807, 2.05) is 45.2 Å². The van der Waals surface area contributed by atoms with E-state index in [-0.39, 0.29) is 54.1 Å². The van der Waals surface area contributed by atoms with Gasteiger partial charge in [0.05, 0.1) is 43.1 Å². The van der Waals surface area contributed by atoms with Gasteiger partial charge in [0.2, 0.25) is 0 Å². The van der Waals surface area contributed by atoms with Crippen molar-refractivity contribution >= 4 is 23.3 Å². The summed E-state index contributed by atoms with van der Waals surface area (Å²) in [7, 11) is 3.66. The summed E-state index contributed by atoms with van der Waals surface area (Å²) in [4.78, 5) is 31.0. The van der Waals surface area contributed by atoms with E-state index in [9.17, 15) is 27.9 Å². The summed E-state index contributed by atoms with van der Waals surface area (Å²) in [5.74, 6) is 0.619. The van der Waals surface area contributed by atoms with Gasteiger partial charge in [-0.15, -0.1) is 0 Å². The number of hydrogen-bond acceptors (Lipinski definition) is 7. The third kappa shape index (κ3) is 11.6. The van der Waals surface area contributed by atoms with Gasteiger partial charge in [-0.3, -0.25) is 9.69 Å². The fraction of sp³-hybridized carbons (Fsp3) is 0.474. The van der Waals surface area contributed by atoms with Gasteiger partial charge in [-0.25, -0.2) is 4.79 Å². The molecular formula is C38H49F3N4O6. The molecular weight excluding hydrogens is 665 g/mol. The standard InChI is InChI=1S/C38H49F3N4O6/c1-25-21-45(26(2)24-46)36(47)33-20-31(43-37(48)42-30-13-11-29(12-14-30)38(39,40)41)15-18-34(33)51-27(3)8-6-7-19-50-35(25)23-44(4)22-28-9-16-32(49-5)17-10-28/h9-18,20,25-27,35,46H,6-8,19,21-24H2,1-5H3,(H2,42,43,48)/t25-,26-,27-,35-/m1/s1. The number of alkyl halides is 3. The van der Waals surface area contributed by atoms with Crippen LogP contribution >= 0.6 is 0 Å². The van der Waals surface area contributed by atoms with Crippen molar-refractivity contribution < 1.29 is 42.1 Å². The van der Waals surface area contributed by atoms with E-state index in [4.69, 9.17) is 14.2 Å². The van der Waals surface area contributed by atoms with E-state index < -0.39 is 23.8 Å². The van der Waals surface area contributed by atoms with Crippen LogP contribution in [0.1, 0.15) is 61.5 Å². The van der Waals surface area contributed by atoms with Gasteiger partial charge in [0.25, 0.3) is 5.91 Å². The molecule has 10 nitrogen and oxygen atoms in total. The van der Waals surface area contributed by atoms with Crippen LogP contribution in [0.4, 0.5) is 29.3 Å². The highest BCUT2D eigenvalue weighted by Crippen LogP contribution is 2.31. The lowest BCUT2D eigenvalue weighted by Crippen LogP contribution is -2.47. The summed E-state index contributed by atoms with van der Waals surface area (Å²) < 4.78 is 56.9. The van der Waals surface area contributed by atoms with Crippen molar-refractivity contribution in [2.75, 3.05) is 51.1 Å². The molecule has 1 heterocycles. The zero-order valence-electron chi connectivity index (χ0n) is 29.8. The van der Waals surface area contributed by atoms with Gasteiger partial charge in [0.1, 0.15) is 11.5 Å². The fourth-order valence-electron chi connectivity index (χ4n) is 5.91. The normalized spacial score (nSPS) is 19.8. The Hall–Kier alpha value is -4.33. The fourth-order valence-corrected chi connectivity index (χ4v) is 5.91. The average molecular weight is 715 g/mol. The highest BCUT2D eigenvalue weighted by Gasteiger charge is 2.31. The first-order valence-corrected chi connectivity index (χ1v) is 17.2. The number of halogens is 3. The maximum atomic E-state index is 14.4. The minimum Gasteiger partial charge on any atom is -0.497 e. The predicted octanol–water partition coefficient (Wildman–Crippen LogP) is 7.29. The van der Waals surface area contributed by atoms with Crippen molar-refractivity contribution in [1.82, 2.24) is 9.80 Å². The molecule has 0 saturated carbocycles. The molecule has 3 amide bonds. The van der Waals surface area contributed by atoms with Gasteiger partial charge in [-0.2, -0.15) is 13.2 Å². The summed E-state index contributed by atoms with van der Waals surface area (Å²) in [6, 6.07) is 15.5. The number of carbonyl (C=O) groups excluding carboxylic acids is 2. The van der Waals surface area contributed by atoms with E-state index >= 15 is 0 Å². The zero-order chi connectivity index (χ0) is 37.1. The number of rotatable bonds is 9. The van der Waals surface area contributed by atoms with Crippen LogP contribution in [-0.2, 0) is 17.5 Å². The average Bonchev–Trinajstić information content (AvgIpc) is 3.09. The molecule has 1 aliphatic rings. The number of carbonyl (C=O) groups is 2. The Balaban J connectivity index is 1.56. The third-order valence-corrected chi connectivity index (χ3v) is 8.88. The Bertz CT molecular complexity index is 1570. The first-order valence-electron chi connectivity index (χ1n) is 17.2. The molecule has 3 aromatic rings. The molecule has 13 heteroatoms. The molecule has 1 aliphatic heterocycles. The van der Waals surface area contributed by atoms with Crippen molar-refractivity contribution in [3.05, 3.63) is 83.4 Å². The number of aliphatic hydroxyl groups is 1. The number of benzene rings is 3. The van der Waals surface area contributed by atoms with Crippen LogP contribution < -0.4 is 20.1 Å². The number of anilines is 2. The lowest BCUT2D eigenvalue weighted by atomic mass is 10.0. The highest BCUT2D eigenvalue weighted by atomic mass is 19.4. The quantitative estimate of drug-likeness (QED) is 0.214. The molecule has 0 aliphatic carbocycles. The first kappa shape index (κ1) is 39.5. The molecule has 3 N–H and O–H groups in total. The summed E-state index contributed by atoms with van der Waals surface area (Å²) >= 11 is 0. The molecule has 0 fully saturated rings. The Morgan fingerprint density at radius 3 is 2.35 bits per heavy atom. The first-order chi connectivity index (χ1) is 24.3. The summed E-state index contributed by atoms with van der Waals surface area (Å²) in [5.41, 5.74) is 0.931. The molecule has 0 spiro atoms. The number of ether oxygens (including phenoxy) is 3. The van der Waals surface area contributed by atoms with Crippen LogP contribution in [0, 0.1) is 5.92 Å². The Labute approximate surface area is 297 Å². The maximum Gasteiger partial charge on any atom is 0.416 e. The number of fused-ring (bicyclic) bond motifs is 1. The predicted molar refractivity (Wildman–Crippen MR) is 190 cm³/mol. The van der Waals surface area contributed by atoms with Crippen molar-refractivity contribution in [3.8, 4) is 11.5 Å². The van der Waals surface area contributed by atoms with Gasteiger partial charge in [0.15, 0.2) is 0 Å². The molecule has 0 unspecified atom stereocenters. The lowest BCUT2D eigenvalue weighted by molar-refractivity contribution is -0.137. The number of likely N-dealkylation sites (N-methyl/N-ethyl adjacent to an activating group) is 1. The van der Waals surface area contributed by atoms with E-state index in [0.717, 1.165) is 54.8 Å². The number of nitrogens with one attached hydrogen (secondary N) is 2. The summed E-state index contributed by atoms with van der Waals surface area (Å²) in [6.07, 6.45) is -2.53. The van der Waals surface area contributed by atoms with Gasteiger partial charge in [-0.05, 0) is 100 Å². The van der Waals surface area contributed by atoms with Crippen molar-refractivity contribution in [1.29, 1.82) is 0 Å². The SMILES string of the molecule is COc1ccc(CN(C)C[C@H]2OCCCC[C@@H](C)Oc3ccc(NC(=O)Nc4ccc(C(F)(F)F)cc4)cc3C(=O)N([C@H](C)CO)C[C@H]2C)cc1. The molecule has 278 valence electrons. The number of hydrogen-bond donors (Lipinski definition) is 3. The minimum absolute atomic E-state index is 0.122. The molecule has 0 radical (unpaired) electrons. The van der Waals surface area contributed by atoms with Gasteiger partial charge < -0.3 is 34.9 Å². The van der Waals surface area contributed by atoms with Crippen LogP contribution in [-0.4, -0.2) is 85.6 Å². The van der Waals surface area contributed by atoms with Crippen LogP contribution in [0.25, 0.3) is 0 Å². The molecule has 0 saturated heterocycles. The van der Waals surface area contributed by atoms with Crippen molar-refractivity contribution in [2.24, 2.45) is 5.92 Å². The molecule has 3 aromatic carbocycles. The van der Waals surface area contributed by atoms with Crippen LogP contribution in [0.5, 0.6) is 11.5 Å². The van der Waals surface area contributed by atoms with Crippen molar-refractivity contribution in [3.63, 3.8) is 0 Å². The van der Waals surface area contributed by atoms with E-state index in [1.165, 1.54) is 6.07 Å². The lowest BCUT2D eigenvalue weighted by Gasteiger charge is -2.36. The third-order valence-electron chi connectivity index (χ3n) is 8.88. The zero-order valence-corrected chi connectivity index (χ0v) is 29.8. The number of aliphatic hydroxyl groups excluding tert-OH is 1. The smallest absolute Gasteiger partial charge is 0.416 e. The molecule has 4 rings (SSSR count). The minimum atomic E-state index is -4.50. The number of nitrogens with zero attached hydrogens (tertiary/aromatic N) is 2. The maximum absolute atomic E-state index is 14.4. The topological polar surface area (TPSA) is 113 Å². The number of methoxy groups -OCH3 is 1. The summed E-state index contributed by atoms with van der Waals surface area (Å²) in [6.45, 7) is 7.59. The van der Waals surface area contributed by atoms with Gasteiger partial charge >= 0.3 is 12.2 Å². The second kappa shape index (κ2) is 18.2. The summed E-state index contributed by atoms with van der Waals surface area (Å²) in [5, 5.41) is 15.4. The van der Waals surface area contributed by atoms with Crippen LogP contribution in [0.3, 0.4) is 0 Å². The van der Waals surface area contributed by atoms with Crippen LogP contribution in [0.2, 0.25) is 0 Å². The van der Waals surface area contributed by atoms with Gasteiger partial charge in [-0.1, -0.05) is 19.1 Å². The highest BCUT2D eigenvalue weighted by molar-refractivity contribution is 6.02.